The maximum absolute atomic E-state index is 12.7. The Bertz CT molecular complexity index is 799. The summed E-state index contributed by atoms with van der Waals surface area (Å²) < 4.78 is 0. The molecule has 0 spiro atoms. The maximum atomic E-state index is 12.7. The van der Waals surface area contributed by atoms with E-state index in [4.69, 9.17) is 0 Å². The zero-order valence-corrected chi connectivity index (χ0v) is 13.9. The van der Waals surface area contributed by atoms with Crippen molar-refractivity contribution in [3.63, 3.8) is 0 Å². The van der Waals surface area contributed by atoms with Crippen molar-refractivity contribution in [2.75, 3.05) is 24.2 Å². The molecule has 0 bridgehead atoms. The lowest BCUT2D eigenvalue weighted by Gasteiger charge is -2.21. The molecule has 5 nitrogen and oxygen atoms in total. The number of hydrogen-bond donors (Lipinski definition) is 3. The summed E-state index contributed by atoms with van der Waals surface area (Å²) in [6.45, 7) is 2.77. The fourth-order valence-electron chi connectivity index (χ4n) is 3.06. The molecule has 0 fully saturated rings. The van der Waals surface area contributed by atoms with Crippen molar-refractivity contribution < 1.29 is 9.59 Å². The summed E-state index contributed by atoms with van der Waals surface area (Å²) in [6, 6.07) is 11.1. The summed E-state index contributed by atoms with van der Waals surface area (Å²) in [4.78, 5) is 24.7. The van der Waals surface area contributed by atoms with Crippen LogP contribution in [0.5, 0.6) is 0 Å². The van der Waals surface area contributed by atoms with Crippen LogP contribution in [0.15, 0.2) is 36.4 Å². The number of nitrogens with one attached hydrogen (secondary N) is 3. The standard InChI is InChI=1S/C19H21N3O2/c1-12-13(18(23)20-2)6-3-9-16(12)22-19(24)15-7-4-10-17-14(15)8-5-11-21-17/h3-4,6-7,9-10,21H,5,8,11H2,1-2H3,(H,20,23)(H,22,24). The van der Waals surface area contributed by atoms with Crippen LogP contribution in [-0.4, -0.2) is 25.4 Å². The van der Waals surface area contributed by atoms with E-state index in [1.54, 1.807) is 19.2 Å². The minimum atomic E-state index is -0.162. The van der Waals surface area contributed by atoms with Gasteiger partial charge < -0.3 is 16.0 Å². The van der Waals surface area contributed by atoms with Crippen molar-refractivity contribution in [1.82, 2.24) is 5.32 Å². The van der Waals surface area contributed by atoms with Crippen LogP contribution >= 0.6 is 0 Å². The Labute approximate surface area is 141 Å². The molecule has 2 aromatic rings. The first kappa shape index (κ1) is 16.1. The molecule has 24 heavy (non-hydrogen) atoms. The number of amides is 2. The van der Waals surface area contributed by atoms with E-state index < -0.39 is 0 Å². The lowest BCUT2D eigenvalue weighted by atomic mass is 9.97. The summed E-state index contributed by atoms with van der Waals surface area (Å²) in [7, 11) is 1.59. The van der Waals surface area contributed by atoms with Gasteiger partial charge in [-0.25, -0.2) is 0 Å². The van der Waals surface area contributed by atoms with Crippen molar-refractivity contribution >= 4 is 23.2 Å². The van der Waals surface area contributed by atoms with Crippen LogP contribution in [-0.2, 0) is 6.42 Å². The summed E-state index contributed by atoms with van der Waals surface area (Å²) in [5.74, 6) is -0.308. The molecule has 0 aromatic heterocycles. The van der Waals surface area contributed by atoms with E-state index >= 15 is 0 Å². The van der Waals surface area contributed by atoms with E-state index in [2.05, 4.69) is 16.0 Å². The highest BCUT2D eigenvalue weighted by Gasteiger charge is 2.18. The predicted octanol–water partition coefficient (Wildman–Crippen LogP) is 2.97. The molecule has 0 unspecified atom stereocenters. The Hall–Kier alpha value is -2.82. The Morgan fingerprint density at radius 3 is 2.58 bits per heavy atom. The zero-order valence-electron chi connectivity index (χ0n) is 13.9. The van der Waals surface area contributed by atoms with Gasteiger partial charge >= 0.3 is 0 Å². The van der Waals surface area contributed by atoms with Gasteiger partial charge in [0.25, 0.3) is 11.8 Å². The lowest BCUT2D eigenvalue weighted by molar-refractivity contribution is 0.0960. The first-order valence-electron chi connectivity index (χ1n) is 8.10. The van der Waals surface area contributed by atoms with E-state index in [1.807, 2.05) is 31.2 Å². The number of carbonyl (C=O) groups is 2. The zero-order chi connectivity index (χ0) is 17.1. The third kappa shape index (κ3) is 2.97. The van der Waals surface area contributed by atoms with Gasteiger partial charge in [0.1, 0.15) is 0 Å². The molecule has 0 saturated carbocycles. The SMILES string of the molecule is CNC(=O)c1cccc(NC(=O)c2cccc3c2CCCN3)c1C. The van der Waals surface area contributed by atoms with Crippen molar-refractivity contribution in [1.29, 1.82) is 0 Å². The summed E-state index contributed by atoms with van der Waals surface area (Å²) >= 11 is 0. The molecule has 0 aliphatic carbocycles. The van der Waals surface area contributed by atoms with Gasteiger partial charge in [0.15, 0.2) is 0 Å². The molecule has 5 heteroatoms. The van der Waals surface area contributed by atoms with Gasteiger partial charge in [0.2, 0.25) is 0 Å². The number of rotatable bonds is 3. The fourth-order valence-corrected chi connectivity index (χ4v) is 3.06. The average molecular weight is 323 g/mol. The second kappa shape index (κ2) is 6.74. The largest absolute Gasteiger partial charge is 0.385 e. The van der Waals surface area contributed by atoms with Crippen molar-refractivity contribution in [3.8, 4) is 0 Å². The van der Waals surface area contributed by atoms with Crippen molar-refractivity contribution in [2.24, 2.45) is 0 Å². The molecule has 124 valence electrons. The van der Waals surface area contributed by atoms with Crippen LogP contribution < -0.4 is 16.0 Å². The predicted molar refractivity (Wildman–Crippen MR) is 95.8 cm³/mol. The Balaban J connectivity index is 1.90. The third-order valence-corrected chi connectivity index (χ3v) is 4.39. The van der Waals surface area contributed by atoms with Crippen LogP contribution in [0, 0.1) is 6.92 Å². The Morgan fingerprint density at radius 1 is 1.04 bits per heavy atom. The lowest BCUT2D eigenvalue weighted by Crippen LogP contribution is -2.21. The van der Waals surface area contributed by atoms with Gasteiger partial charge in [-0.1, -0.05) is 12.1 Å². The molecule has 1 aliphatic heterocycles. The number of benzene rings is 2. The van der Waals surface area contributed by atoms with Crippen LogP contribution in [0.3, 0.4) is 0 Å². The second-order valence-corrected chi connectivity index (χ2v) is 5.87. The monoisotopic (exact) mass is 323 g/mol. The van der Waals surface area contributed by atoms with E-state index in [0.717, 1.165) is 36.2 Å². The van der Waals surface area contributed by atoms with E-state index in [1.165, 1.54) is 0 Å². The van der Waals surface area contributed by atoms with Crippen LogP contribution in [0.4, 0.5) is 11.4 Å². The normalized spacial score (nSPS) is 12.8. The molecule has 3 N–H and O–H groups in total. The molecule has 0 saturated heterocycles. The highest BCUT2D eigenvalue weighted by atomic mass is 16.2. The van der Waals surface area contributed by atoms with E-state index in [-0.39, 0.29) is 11.8 Å². The molecule has 1 aliphatic rings. The molecule has 0 atom stereocenters. The van der Waals surface area contributed by atoms with Crippen LogP contribution in [0.25, 0.3) is 0 Å². The molecule has 1 heterocycles. The van der Waals surface area contributed by atoms with Crippen LogP contribution in [0.1, 0.15) is 38.3 Å². The number of fused-ring (bicyclic) bond motifs is 1. The second-order valence-electron chi connectivity index (χ2n) is 5.87. The molecule has 3 rings (SSSR count). The quantitative estimate of drug-likeness (QED) is 0.813. The molecular formula is C19H21N3O2. The van der Waals surface area contributed by atoms with Crippen molar-refractivity contribution in [2.45, 2.75) is 19.8 Å². The minimum Gasteiger partial charge on any atom is -0.385 e. The van der Waals surface area contributed by atoms with Crippen LogP contribution in [0.2, 0.25) is 0 Å². The number of anilines is 2. The van der Waals surface area contributed by atoms with Gasteiger partial charge in [0.05, 0.1) is 0 Å². The smallest absolute Gasteiger partial charge is 0.256 e. The molecule has 2 aromatic carbocycles. The van der Waals surface area contributed by atoms with Crippen molar-refractivity contribution in [3.05, 3.63) is 58.7 Å². The average Bonchev–Trinajstić information content (AvgIpc) is 2.62. The number of hydrogen-bond acceptors (Lipinski definition) is 3. The fraction of sp³-hybridized carbons (Fsp3) is 0.263. The number of carbonyl (C=O) groups excluding carboxylic acids is 2. The van der Waals surface area contributed by atoms with Gasteiger partial charge in [-0.05, 0) is 55.2 Å². The Kier molecular flexibility index (Phi) is 4.51. The third-order valence-electron chi connectivity index (χ3n) is 4.39. The van der Waals surface area contributed by atoms with Gasteiger partial charge in [-0.15, -0.1) is 0 Å². The summed E-state index contributed by atoms with van der Waals surface area (Å²) in [5, 5.41) is 8.90. The molecular weight excluding hydrogens is 302 g/mol. The summed E-state index contributed by atoms with van der Waals surface area (Å²) in [5.41, 5.74) is 4.75. The summed E-state index contributed by atoms with van der Waals surface area (Å²) in [6.07, 6.45) is 1.91. The first-order chi connectivity index (χ1) is 11.6. The van der Waals surface area contributed by atoms with E-state index in [0.29, 0.717) is 16.8 Å². The topological polar surface area (TPSA) is 70.2 Å². The van der Waals surface area contributed by atoms with E-state index in [9.17, 15) is 9.59 Å². The highest BCUT2D eigenvalue weighted by molar-refractivity contribution is 6.07. The van der Waals surface area contributed by atoms with Gasteiger partial charge in [-0.2, -0.15) is 0 Å². The molecule has 2 amide bonds. The Morgan fingerprint density at radius 2 is 1.79 bits per heavy atom. The van der Waals surface area contributed by atoms with Gasteiger partial charge in [0, 0.05) is 36.1 Å². The maximum Gasteiger partial charge on any atom is 0.256 e. The molecule has 0 radical (unpaired) electrons. The highest BCUT2D eigenvalue weighted by Crippen LogP contribution is 2.27. The minimum absolute atomic E-state index is 0.146. The van der Waals surface area contributed by atoms with Gasteiger partial charge in [-0.3, -0.25) is 9.59 Å². The first-order valence-corrected chi connectivity index (χ1v) is 8.10.